The van der Waals surface area contributed by atoms with Crippen LogP contribution in [0, 0.1) is 0 Å². The lowest BCUT2D eigenvalue weighted by atomic mass is 10.1. The van der Waals surface area contributed by atoms with Crippen LogP contribution in [0.2, 0.25) is 0 Å². The fraction of sp³-hybridized carbons (Fsp3) is 0.579. The fourth-order valence-electron chi connectivity index (χ4n) is 3.23. The van der Waals surface area contributed by atoms with E-state index in [1.807, 2.05) is 20.8 Å². The van der Waals surface area contributed by atoms with Crippen LogP contribution < -0.4 is 5.32 Å². The fourth-order valence-corrected chi connectivity index (χ4v) is 4.97. The van der Waals surface area contributed by atoms with Crippen LogP contribution >= 0.6 is 0 Å². The van der Waals surface area contributed by atoms with E-state index in [0.29, 0.717) is 6.54 Å². The molecule has 0 radical (unpaired) electrons. The van der Waals surface area contributed by atoms with E-state index < -0.39 is 15.9 Å². The van der Waals surface area contributed by atoms with Gasteiger partial charge in [0.05, 0.1) is 11.4 Å². The van der Waals surface area contributed by atoms with Gasteiger partial charge in [0.2, 0.25) is 15.9 Å². The second kappa shape index (κ2) is 8.84. The number of sulfonamides is 1. The Labute approximate surface area is 161 Å². The molecule has 2 amide bonds. The molecule has 1 aromatic rings. The Bertz CT molecular complexity index is 792. The van der Waals surface area contributed by atoms with Crippen molar-refractivity contribution in [1.82, 2.24) is 14.5 Å². The molecule has 150 valence electrons. The number of nitrogens with zero attached hydrogens (tertiary/aromatic N) is 2. The smallest absolute Gasteiger partial charge is 0.254 e. The zero-order chi connectivity index (χ0) is 20.2. The molecule has 2 rings (SSSR count). The van der Waals surface area contributed by atoms with E-state index in [9.17, 15) is 18.0 Å². The van der Waals surface area contributed by atoms with Gasteiger partial charge in [0.15, 0.2) is 0 Å². The number of likely N-dealkylation sites (N-methyl/N-ethyl adjacent to an activating group) is 1. The van der Waals surface area contributed by atoms with Gasteiger partial charge in [-0.15, -0.1) is 0 Å². The third kappa shape index (κ3) is 5.29. The number of amides is 2. The van der Waals surface area contributed by atoms with Crippen LogP contribution in [-0.2, 0) is 14.8 Å². The molecule has 0 saturated carbocycles. The molecule has 1 aliphatic heterocycles. The quantitative estimate of drug-likeness (QED) is 0.796. The van der Waals surface area contributed by atoms with E-state index in [1.54, 1.807) is 12.1 Å². The molecule has 1 fully saturated rings. The molecule has 8 heteroatoms. The first kappa shape index (κ1) is 21.4. The zero-order valence-electron chi connectivity index (χ0n) is 16.4. The van der Waals surface area contributed by atoms with Crippen LogP contribution in [0.25, 0.3) is 0 Å². The third-order valence-corrected chi connectivity index (χ3v) is 6.62. The molecule has 1 aliphatic rings. The monoisotopic (exact) mass is 395 g/mol. The third-order valence-electron chi connectivity index (χ3n) is 4.61. The normalized spacial score (nSPS) is 18.3. The Morgan fingerprint density at radius 1 is 1.30 bits per heavy atom. The van der Waals surface area contributed by atoms with Crippen molar-refractivity contribution in [2.24, 2.45) is 0 Å². The van der Waals surface area contributed by atoms with Crippen molar-refractivity contribution in [3.8, 4) is 0 Å². The maximum Gasteiger partial charge on any atom is 0.254 e. The summed E-state index contributed by atoms with van der Waals surface area (Å²) in [7, 11) is -2.12. The lowest BCUT2D eigenvalue weighted by Gasteiger charge is -2.32. The minimum Gasteiger partial charge on any atom is -0.352 e. The Morgan fingerprint density at radius 3 is 2.63 bits per heavy atom. The maximum absolute atomic E-state index is 13.0. The van der Waals surface area contributed by atoms with E-state index in [2.05, 4.69) is 5.32 Å². The zero-order valence-corrected chi connectivity index (χ0v) is 17.3. The summed E-state index contributed by atoms with van der Waals surface area (Å²) in [5, 5.41) is 2.73. The Morgan fingerprint density at radius 2 is 2.00 bits per heavy atom. The number of nitrogens with one attached hydrogen (secondary N) is 1. The molecular formula is C19H29N3O4S. The molecule has 0 aromatic heterocycles. The molecule has 1 saturated heterocycles. The van der Waals surface area contributed by atoms with Crippen LogP contribution in [0.1, 0.15) is 50.4 Å². The second-order valence-electron chi connectivity index (χ2n) is 7.37. The van der Waals surface area contributed by atoms with Gasteiger partial charge in [-0.05, 0) is 51.8 Å². The molecule has 0 unspecified atom stereocenters. The average molecular weight is 396 g/mol. The average Bonchev–Trinajstić information content (AvgIpc) is 2.60. The lowest BCUT2D eigenvalue weighted by Crippen LogP contribution is -2.42. The van der Waals surface area contributed by atoms with Crippen molar-refractivity contribution in [1.29, 1.82) is 0 Å². The largest absolute Gasteiger partial charge is 0.352 e. The number of carbonyl (C=O) groups excluding carboxylic acids is 2. The van der Waals surface area contributed by atoms with Crippen molar-refractivity contribution in [3.05, 3.63) is 29.8 Å². The van der Waals surface area contributed by atoms with Crippen molar-refractivity contribution >= 4 is 21.8 Å². The summed E-state index contributed by atoms with van der Waals surface area (Å²) in [6, 6.07) is 5.98. The lowest BCUT2D eigenvalue weighted by molar-refractivity contribution is -0.122. The highest BCUT2D eigenvalue weighted by molar-refractivity contribution is 7.89. The number of piperidine rings is 1. The highest BCUT2D eigenvalue weighted by atomic mass is 32.2. The molecule has 1 N–H and O–H groups in total. The summed E-state index contributed by atoms with van der Waals surface area (Å²) in [6.45, 7) is 6.01. The molecule has 7 nitrogen and oxygen atoms in total. The molecule has 0 spiro atoms. The van der Waals surface area contributed by atoms with Crippen molar-refractivity contribution in [2.45, 2.75) is 57.0 Å². The van der Waals surface area contributed by atoms with Gasteiger partial charge >= 0.3 is 0 Å². The first-order valence-corrected chi connectivity index (χ1v) is 10.7. The van der Waals surface area contributed by atoms with Crippen LogP contribution in [0.5, 0.6) is 0 Å². The summed E-state index contributed by atoms with van der Waals surface area (Å²) in [6.07, 6.45) is 2.70. The topological polar surface area (TPSA) is 86.8 Å². The van der Waals surface area contributed by atoms with E-state index in [0.717, 1.165) is 19.3 Å². The van der Waals surface area contributed by atoms with Gasteiger partial charge in [-0.3, -0.25) is 9.59 Å². The first-order chi connectivity index (χ1) is 12.6. The number of rotatable bonds is 6. The summed E-state index contributed by atoms with van der Waals surface area (Å²) in [4.78, 5) is 25.9. The van der Waals surface area contributed by atoms with Gasteiger partial charge in [-0.25, -0.2) is 8.42 Å². The summed E-state index contributed by atoms with van der Waals surface area (Å²) in [5.74, 6) is -0.649. The van der Waals surface area contributed by atoms with Crippen LogP contribution in [0.15, 0.2) is 29.2 Å². The summed E-state index contributed by atoms with van der Waals surface area (Å²) in [5.41, 5.74) is 0.251. The van der Waals surface area contributed by atoms with E-state index in [1.165, 1.54) is 28.4 Å². The van der Waals surface area contributed by atoms with Gasteiger partial charge in [0, 0.05) is 31.2 Å². The van der Waals surface area contributed by atoms with Crippen molar-refractivity contribution in [2.75, 3.05) is 20.1 Å². The Kier molecular flexibility index (Phi) is 7.00. The number of benzene rings is 1. The summed E-state index contributed by atoms with van der Waals surface area (Å²) >= 11 is 0. The minimum absolute atomic E-state index is 0.0130. The Hall–Kier alpha value is -1.93. The molecule has 1 heterocycles. The molecule has 0 aliphatic carbocycles. The Balaban J connectivity index is 2.18. The predicted octanol–water partition coefficient (Wildman–Crippen LogP) is 1.85. The minimum atomic E-state index is -3.65. The van der Waals surface area contributed by atoms with Crippen LogP contribution in [-0.4, -0.2) is 61.7 Å². The molecule has 1 aromatic carbocycles. The van der Waals surface area contributed by atoms with E-state index in [-0.39, 0.29) is 35.0 Å². The highest BCUT2D eigenvalue weighted by Crippen LogP contribution is 2.25. The van der Waals surface area contributed by atoms with E-state index in [4.69, 9.17) is 0 Å². The SMILES string of the molecule is CC(C)NC(=O)CN(C)C(=O)c1cccc(S(=O)(=O)N2CCCC[C@@H]2C)c1. The van der Waals surface area contributed by atoms with Crippen molar-refractivity contribution < 1.29 is 18.0 Å². The van der Waals surface area contributed by atoms with E-state index >= 15 is 0 Å². The van der Waals surface area contributed by atoms with Crippen LogP contribution in [0.4, 0.5) is 0 Å². The molecular weight excluding hydrogens is 366 g/mol. The number of hydrogen-bond acceptors (Lipinski definition) is 4. The highest BCUT2D eigenvalue weighted by Gasteiger charge is 2.31. The van der Waals surface area contributed by atoms with Gasteiger partial charge in [-0.2, -0.15) is 4.31 Å². The first-order valence-electron chi connectivity index (χ1n) is 9.29. The molecule has 0 bridgehead atoms. The number of hydrogen-bond donors (Lipinski definition) is 1. The van der Waals surface area contributed by atoms with Gasteiger partial charge in [-0.1, -0.05) is 12.5 Å². The van der Waals surface area contributed by atoms with Crippen molar-refractivity contribution in [3.63, 3.8) is 0 Å². The molecule has 27 heavy (non-hydrogen) atoms. The predicted molar refractivity (Wildman–Crippen MR) is 104 cm³/mol. The van der Waals surface area contributed by atoms with Crippen LogP contribution in [0.3, 0.4) is 0 Å². The second-order valence-corrected chi connectivity index (χ2v) is 9.26. The summed E-state index contributed by atoms with van der Waals surface area (Å²) < 4.78 is 27.5. The van der Waals surface area contributed by atoms with Gasteiger partial charge < -0.3 is 10.2 Å². The van der Waals surface area contributed by atoms with Gasteiger partial charge in [0.25, 0.3) is 5.91 Å². The maximum atomic E-state index is 13.0. The van der Waals surface area contributed by atoms with Gasteiger partial charge in [0.1, 0.15) is 0 Å². The molecule has 1 atom stereocenters. The number of carbonyl (C=O) groups is 2. The standard InChI is InChI=1S/C19H29N3O4S/c1-14(2)20-18(23)13-21(4)19(24)16-9-7-10-17(12-16)27(25,26)22-11-6-5-8-15(22)3/h7,9-10,12,14-15H,5-6,8,11,13H2,1-4H3,(H,20,23)/t15-/m0/s1.